The van der Waals surface area contributed by atoms with Gasteiger partial charge in [-0.3, -0.25) is 14.5 Å². The van der Waals surface area contributed by atoms with Crippen LogP contribution in [-0.2, 0) is 30.2 Å². The Morgan fingerprint density at radius 1 is 0.976 bits per heavy atom. The van der Waals surface area contributed by atoms with Crippen LogP contribution in [0.3, 0.4) is 0 Å². The van der Waals surface area contributed by atoms with E-state index in [1.54, 1.807) is 50.4 Å². The van der Waals surface area contributed by atoms with Crippen LogP contribution in [0, 0.1) is 6.92 Å². The summed E-state index contributed by atoms with van der Waals surface area (Å²) in [4.78, 5) is 56.5. The van der Waals surface area contributed by atoms with Gasteiger partial charge >= 0.3 is 11.9 Å². The van der Waals surface area contributed by atoms with E-state index in [9.17, 15) is 19.2 Å². The first-order valence-corrected chi connectivity index (χ1v) is 13.8. The lowest BCUT2D eigenvalue weighted by Gasteiger charge is -2.23. The molecule has 0 fully saturated rings. The number of benzene rings is 2. The quantitative estimate of drug-likeness (QED) is 0.269. The van der Waals surface area contributed by atoms with E-state index in [0.717, 1.165) is 17.5 Å². The molecule has 2 unspecified atom stereocenters. The van der Waals surface area contributed by atoms with Crippen molar-refractivity contribution in [3.05, 3.63) is 81.6 Å². The summed E-state index contributed by atoms with van der Waals surface area (Å²) in [5, 5.41) is 3.47. The highest BCUT2D eigenvalue weighted by Crippen LogP contribution is 2.18. The number of carbonyl (C=O) groups is 3. The molecule has 3 rings (SSSR count). The number of fused-ring (bicyclic) bond motifs is 1. The molecule has 0 aliphatic rings. The molecule has 10 heteroatoms. The summed E-state index contributed by atoms with van der Waals surface area (Å²) in [6.07, 6.45) is -0.971. The second-order valence-corrected chi connectivity index (χ2v) is 9.73. The van der Waals surface area contributed by atoms with Gasteiger partial charge in [0.1, 0.15) is 12.6 Å². The third kappa shape index (κ3) is 9.26. The number of H-pyrrole nitrogens is 1. The molecular weight excluding hydrogens is 526 g/mol. The largest absolute Gasteiger partial charge is 0.462 e. The van der Waals surface area contributed by atoms with Gasteiger partial charge in [-0.25, -0.2) is 9.59 Å². The average Bonchev–Trinajstić information content (AvgIpc) is 2.97. The summed E-state index contributed by atoms with van der Waals surface area (Å²) >= 11 is 0. The van der Waals surface area contributed by atoms with Crippen molar-refractivity contribution in [1.82, 2.24) is 15.2 Å². The lowest BCUT2D eigenvalue weighted by Crippen LogP contribution is -2.45. The zero-order valence-corrected chi connectivity index (χ0v) is 24.1. The molecule has 0 radical (unpaired) electrons. The molecule has 0 bridgehead atoms. The van der Waals surface area contributed by atoms with Gasteiger partial charge < -0.3 is 24.5 Å². The molecule has 10 nitrogen and oxygen atoms in total. The van der Waals surface area contributed by atoms with Gasteiger partial charge in [-0.15, -0.1) is 0 Å². The molecule has 0 saturated heterocycles. The fourth-order valence-corrected chi connectivity index (χ4v) is 4.34. The number of aromatic amines is 1. The first kappa shape index (κ1) is 31.5. The Bertz CT molecular complexity index is 1370. The number of nitrogens with zero attached hydrogens (tertiary/aromatic N) is 1. The van der Waals surface area contributed by atoms with Crippen LogP contribution >= 0.6 is 0 Å². The summed E-state index contributed by atoms with van der Waals surface area (Å²) in [5.41, 5.74) is 2.18. The first-order valence-electron chi connectivity index (χ1n) is 13.8. The van der Waals surface area contributed by atoms with Crippen molar-refractivity contribution in [1.29, 1.82) is 0 Å². The highest BCUT2D eigenvalue weighted by atomic mass is 16.6. The minimum atomic E-state index is -1.17. The second-order valence-electron chi connectivity index (χ2n) is 9.73. The molecule has 0 spiro atoms. The van der Waals surface area contributed by atoms with E-state index >= 15 is 0 Å². The number of hydrogen-bond donors (Lipinski definition) is 2. The van der Waals surface area contributed by atoms with Crippen molar-refractivity contribution in [3.8, 4) is 0 Å². The highest BCUT2D eigenvalue weighted by molar-refractivity contribution is 5.97. The van der Waals surface area contributed by atoms with Gasteiger partial charge in [0.05, 0.1) is 6.61 Å². The Kier molecular flexibility index (Phi) is 12.1. The number of nitrogens with one attached hydrogen (secondary N) is 2. The smallest absolute Gasteiger partial charge is 0.347 e. The average molecular weight is 566 g/mol. The first-order chi connectivity index (χ1) is 19.7. The normalized spacial score (nSPS) is 12.6. The molecule has 2 N–H and O–H groups in total. The number of hydrogen-bond acceptors (Lipinski definition) is 8. The van der Waals surface area contributed by atoms with Gasteiger partial charge in [0.25, 0.3) is 5.91 Å². The zero-order valence-electron chi connectivity index (χ0n) is 24.1. The minimum absolute atomic E-state index is 0.0166. The number of aromatic nitrogens is 1. The minimum Gasteiger partial charge on any atom is -0.462 e. The predicted octanol–water partition coefficient (Wildman–Crippen LogP) is 3.01. The van der Waals surface area contributed by atoms with Crippen molar-refractivity contribution < 1.29 is 28.6 Å². The summed E-state index contributed by atoms with van der Waals surface area (Å²) in [6.45, 7) is 8.31. The molecule has 0 saturated carbocycles. The maximum absolute atomic E-state index is 13.5. The number of carbonyl (C=O) groups excluding carboxylic acids is 3. The fraction of sp³-hybridized carbons (Fsp3) is 0.419. The zero-order chi connectivity index (χ0) is 29.8. The van der Waals surface area contributed by atoms with Crippen molar-refractivity contribution in [2.45, 2.75) is 45.8 Å². The number of esters is 2. The molecule has 2 atom stereocenters. The second kappa shape index (κ2) is 15.7. The van der Waals surface area contributed by atoms with E-state index < -0.39 is 30.0 Å². The van der Waals surface area contributed by atoms with Crippen molar-refractivity contribution in [2.24, 2.45) is 0 Å². The van der Waals surface area contributed by atoms with Crippen LogP contribution in [0.15, 0.2) is 59.4 Å². The molecule has 220 valence electrons. The van der Waals surface area contributed by atoms with Crippen LogP contribution in [0.2, 0.25) is 0 Å². The monoisotopic (exact) mass is 565 g/mol. The van der Waals surface area contributed by atoms with Gasteiger partial charge in [0.2, 0.25) is 5.56 Å². The molecule has 1 aromatic heterocycles. The molecular formula is C31H39N3O7. The lowest BCUT2D eigenvalue weighted by molar-refractivity contribution is -0.169. The van der Waals surface area contributed by atoms with Crippen LogP contribution in [0.4, 0.5) is 0 Å². The summed E-state index contributed by atoms with van der Waals surface area (Å²) in [6, 6.07) is 14.3. The number of amides is 1. The Labute approximate surface area is 240 Å². The third-order valence-electron chi connectivity index (χ3n) is 6.77. The Morgan fingerprint density at radius 3 is 2.37 bits per heavy atom. The van der Waals surface area contributed by atoms with Gasteiger partial charge in [0, 0.05) is 49.2 Å². The number of methoxy groups -OCH3 is 1. The standard InChI is InChI=1S/C31H39N3O7/c1-5-27(31(38)40-18-16-34(6-2)15-17-39-4)41-30(37)26(33-29(36)22-13-11-21(3)12-14-22)19-23-20-28(35)32-25-10-8-7-9-24(23)25/h7-14,20,26-27H,5-6,15-19H2,1-4H3,(H,32,35)(H,33,36). The summed E-state index contributed by atoms with van der Waals surface area (Å²) in [7, 11) is 1.63. The van der Waals surface area contributed by atoms with Gasteiger partial charge in [-0.1, -0.05) is 49.7 Å². The van der Waals surface area contributed by atoms with E-state index in [0.29, 0.717) is 36.3 Å². The topological polar surface area (TPSA) is 127 Å². The molecule has 2 aromatic carbocycles. The molecule has 3 aromatic rings. The van der Waals surface area contributed by atoms with Crippen LogP contribution < -0.4 is 10.9 Å². The highest BCUT2D eigenvalue weighted by Gasteiger charge is 2.30. The Morgan fingerprint density at radius 2 is 1.68 bits per heavy atom. The predicted molar refractivity (Wildman–Crippen MR) is 156 cm³/mol. The molecule has 1 heterocycles. The van der Waals surface area contributed by atoms with E-state index in [4.69, 9.17) is 14.2 Å². The summed E-state index contributed by atoms with van der Waals surface area (Å²) in [5.74, 6) is -1.93. The van der Waals surface area contributed by atoms with Crippen LogP contribution in [0.5, 0.6) is 0 Å². The van der Waals surface area contributed by atoms with Crippen LogP contribution in [0.25, 0.3) is 10.9 Å². The van der Waals surface area contributed by atoms with E-state index in [2.05, 4.69) is 15.2 Å². The number of ether oxygens (including phenoxy) is 3. The fourth-order valence-electron chi connectivity index (χ4n) is 4.34. The van der Waals surface area contributed by atoms with Crippen molar-refractivity contribution in [2.75, 3.05) is 40.0 Å². The number of likely N-dealkylation sites (N-methyl/N-ethyl adjacent to an activating group) is 1. The van der Waals surface area contributed by atoms with Gasteiger partial charge in [-0.05, 0) is 43.7 Å². The Hall–Kier alpha value is -4.02. The molecule has 0 aliphatic carbocycles. The van der Waals surface area contributed by atoms with E-state index in [1.807, 2.05) is 26.0 Å². The van der Waals surface area contributed by atoms with E-state index in [-0.39, 0.29) is 25.0 Å². The molecule has 1 amide bonds. The Balaban J connectivity index is 1.77. The number of pyridine rings is 1. The number of aryl methyl sites for hydroxylation is 1. The van der Waals surface area contributed by atoms with Crippen LogP contribution in [-0.4, -0.2) is 79.8 Å². The summed E-state index contributed by atoms with van der Waals surface area (Å²) < 4.78 is 16.1. The van der Waals surface area contributed by atoms with Crippen LogP contribution in [0.1, 0.15) is 41.8 Å². The third-order valence-corrected chi connectivity index (χ3v) is 6.77. The van der Waals surface area contributed by atoms with Crippen molar-refractivity contribution in [3.63, 3.8) is 0 Å². The maximum atomic E-state index is 13.5. The SMILES string of the molecule is CCC(OC(=O)C(Cc1cc(=O)[nH]c2ccccc12)NC(=O)c1ccc(C)cc1)C(=O)OCCN(CC)CCOC. The number of para-hydroxylation sites is 1. The van der Waals surface area contributed by atoms with Crippen molar-refractivity contribution >= 4 is 28.7 Å². The maximum Gasteiger partial charge on any atom is 0.347 e. The van der Waals surface area contributed by atoms with Gasteiger partial charge in [0.15, 0.2) is 6.10 Å². The van der Waals surface area contributed by atoms with Gasteiger partial charge in [-0.2, -0.15) is 0 Å². The lowest BCUT2D eigenvalue weighted by atomic mass is 10.0. The molecule has 0 aliphatic heterocycles. The van der Waals surface area contributed by atoms with E-state index in [1.165, 1.54) is 6.07 Å². The molecule has 41 heavy (non-hydrogen) atoms. The number of rotatable bonds is 15.